The minimum atomic E-state index is -0.664. The number of halogens is 2. The molecular weight excluding hydrogens is 371 g/mol. The van der Waals surface area contributed by atoms with Crippen LogP contribution in [0.3, 0.4) is 0 Å². The van der Waals surface area contributed by atoms with Crippen LogP contribution < -0.4 is 5.32 Å². The fraction of sp³-hybridized carbons (Fsp3) is 0.300. The molecule has 0 aliphatic carbocycles. The van der Waals surface area contributed by atoms with Crippen molar-refractivity contribution < 1.29 is 18.7 Å². The van der Waals surface area contributed by atoms with Gasteiger partial charge in [0.15, 0.2) is 5.82 Å². The van der Waals surface area contributed by atoms with E-state index in [1.165, 1.54) is 11.0 Å². The summed E-state index contributed by atoms with van der Waals surface area (Å²) >= 11 is 6.14. The van der Waals surface area contributed by atoms with Gasteiger partial charge in [-0.15, -0.1) is 0 Å². The molecule has 2 aromatic carbocycles. The molecule has 2 amide bonds. The van der Waals surface area contributed by atoms with Gasteiger partial charge in [-0.1, -0.05) is 41.9 Å². The Kier molecular flexibility index (Phi) is 5.11. The van der Waals surface area contributed by atoms with Crippen molar-refractivity contribution >= 4 is 29.3 Å². The number of nitrogens with zero attached hydrogens (tertiary/aromatic N) is 1. The summed E-state index contributed by atoms with van der Waals surface area (Å²) in [5.74, 6) is -1.04. The van der Waals surface area contributed by atoms with Gasteiger partial charge in [-0.2, -0.15) is 0 Å². The zero-order valence-corrected chi connectivity index (χ0v) is 16.0. The van der Waals surface area contributed by atoms with Crippen molar-refractivity contribution in [1.82, 2.24) is 4.90 Å². The van der Waals surface area contributed by atoms with Gasteiger partial charge < -0.3 is 10.1 Å². The van der Waals surface area contributed by atoms with Crippen LogP contribution in [0.2, 0.25) is 5.02 Å². The molecule has 5 nitrogen and oxygen atoms in total. The first-order chi connectivity index (χ1) is 12.7. The topological polar surface area (TPSA) is 58.4 Å². The number of anilines is 1. The smallest absolute Gasteiger partial charge is 0.411 e. The molecule has 0 radical (unpaired) electrons. The molecule has 0 spiro atoms. The summed E-state index contributed by atoms with van der Waals surface area (Å²) in [4.78, 5) is 25.6. The molecule has 1 heterocycles. The van der Waals surface area contributed by atoms with E-state index in [1.807, 2.05) is 0 Å². The zero-order valence-electron chi connectivity index (χ0n) is 15.3. The van der Waals surface area contributed by atoms with Gasteiger partial charge in [-0.3, -0.25) is 9.69 Å². The van der Waals surface area contributed by atoms with Crippen LogP contribution in [0.1, 0.15) is 20.8 Å². The van der Waals surface area contributed by atoms with Gasteiger partial charge in [0.25, 0.3) is 0 Å². The van der Waals surface area contributed by atoms with Crippen LogP contribution in [0.25, 0.3) is 11.1 Å². The standard InChI is InChI=1S/C20H20ClFN2O3/c1-20(2,3)27-19(26)24-11-16(24)18(25)23-15-10-6-8-13(17(15)22)12-7-4-5-9-14(12)21/h4-10,16H,11H2,1-3H3,(H,23,25)/t16-,24?/m1/s1. The second-order valence-corrected chi connectivity index (χ2v) is 7.69. The maximum atomic E-state index is 14.9. The van der Waals surface area contributed by atoms with E-state index in [2.05, 4.69) is 5.32 Å². The Bertz CT molecular complexity index is 895. The van der Waals surface area contributed by atoms with Crippen LogP contribution in [-0.2, 0) is 9.53 Å². The summed E-state index contributed by atoms with van der Waals surface area (Å²) in [6, 6.07) is 10.9. The van der Waals surface area contributed by atoms with Gasteiger partial charge in [0.2, 0.25) is 5.91 Å². The van der Waals surface area contributed by atoms with Crippen LogP contribution in [-0.4, -0.2) is 35.1 Å². The molecule has 3 rings (SSSR count). The van der Waals surface area contributed by atoms with Gasteiger partial charge in [-0.25, -0.2) is 9.18 Å². The van der Waals surface area contributed by atoms with E-state index in [9.17, 15) is 14.0 Å². The van der Waals surface area contributed by atoms with Crippen molar-refractivity contribution in [1.29, 1.82) is 0 Å². The van der Waals surface area contributed by atoms with Crippen molar-refractivity contribution in [3.63, 3.8) is 0 Å². The van der Waals surface area contributed by atoms with E-state index in [0.717, 1.165) is 0 Å². The lowest BCUT2D eigenvalue weighted by Crippen LogP contribution is -2.30. The predicted octanol–water partition coefficient (Wildman–Crippen LogP) is 4.70. The van der Waals surface area contributed by atoms with Crippen molar-refractivity contribution in [2.75, 3.05) is 11.9 Å². The molecule has 1 fully saturated rings. The van der Waals surface area contributed by atoms with Gasteiger partial charge in [0, 0.05) is 16.1 Å². The fourth-order valence-corrected chi connectivity index (χ4v) is 2.86. The summed E-state index contributed by atoms with van der Waals surface area (Å²) in [7, 11) is 0. The lowest BCUT2D eigenvalue weighted by atomic mass is 10.0. The highest BCUT2D eigenvalue weighted by atomic mass is 35.5. The Morgan fingerprint density at radius 3 is 2.48 bits per heavy atom. The van der Waals surface area contributed by atoms with Crippen LogP contribution in [0.15, 0.2) is 42.5 Å². The lowest BCUT2D eigenvalue weighted by molar-refractivity contribution is -0.116. The third-order valence-corrected chi connectivity index (χ3v) is 4.29. The minimum Gasteiger partial charge on any atom is -0.444 e. The lowest BCUT2D eigenvalue weighted by Gasteiger charge is -2.19. The third kappa shape index (κ3) is 4.39. The number of carbonyl (C=O) groups excluding carboxylic acids is 2. The first kappa shape index (κ1) is 19.2. The van der Waals surface area contributed by atoms with E-state index < -0.39 is 29.5 Å². The van der Waals surface area contributed by atoms with Crippen molar-refractivity contribution in [2.24, 2.45) is 0 Å². The highest BCUT2D eigenvalue weighted by molar-refractivity contribution is 6.33. The van der Waals surface area contributed by atoms with E-state index in [-0.39, 0.29) is 17.8 Å². The highest BCUT2D eigenvalue weighted by Gasteiger charge is 2.46. The number of hydrogen-bond donors (Lipinski definition) is 1. The average Bonchev–Trinajstić information content (AvgIpc) is 3.37. The normalized spacial score (nSPS) is 16.0. The summed E-state index contributed by atoms with van der Waals surface area (Å²) in [6.07, 6.45) is -0.562. The number of ether oxygens (including phenoxy) is 1. The Morgan fingerprint density at radius 1 is 1.15 bits per heavy atom. The molecular formula is C20H20ClFN2O3. The summed E-state index contributed by atoms with van der Waals surface area (Å²) in [5.41, 5.74) is 0.219. The number of rotatable bonds is 3. The van der Waals surface area contributed by atoms with Crippen LogP contribution in [0.4, 0.5) is 14.9 Å². The maximum absolute atomic E-state index is 14.9. The van der Waals surface area contributed by atoms with Crippen LogP contribution >= 0.6 is 11.6 Å². The van der Waals surface area contributed by atoms with Crippen molar-refractivity contribution in [3.8, 4) is 11.1 Å². The molecule has 0 bridgehead atoms. The largest absolute Gasteiger partial charge is 0.444 e. The molecule has 0 saturated carbocycles. The number of benzene rings is 2. The maximum Gasteiger partial charge on any atom is 0.411 e. The Morgan fingerprint density at radius 2 is 1.81 bits per heavy atom. The number of amides is 2. The molecule has 0 aromatic heterocycles. The number of nitrogens with one attached hydrogen (secondary N) is 1. The summed E-state index contributed by atoms with van der Waals surface area (Å²) in [5, 5.41) is 2.96. The van der Waals surface area contributed by atoms with Crippen molar-refractivity contribution in [2.45, 2.75) is 32.4 Å². The summed E-state index contributed by atoms with van der Waals surface area (Å²) in [6.45, 7) is 5.49. The molecule has 1 N–H and O–H groups in total. The van der Waals surface area contributed by atoms with Crippen LogP contribution in [0, 0.1) is 5.82 Å². The SMILES string of the molecule is CC(C)(C)OC(=O)N1C[C@@H]1C(=O)Nc1cccc(-c2ccccc2Cl)c1F. The van der Waals surface area contributed by atoms with Crippen molar-refractivity contribution in [3.05, 3.63) is 53.3 Å². The first-order valence-electron chi connectivity index (χ1n) is 8.51. The van der Waals surface area contributed by atoms with E-state index in [1.54, 1.807) is 57.2 Å². The first-order valence-corrected chi connectivity index (χ1v) is 8.89. The fourth-order valence-electron chi connectivity index (χ4n) is 2.62. The average molecular weight is 391 g/mol. The Hall–Kier alpha value is -2.60. The Balaban J connectivity index is 1.72. The van der Waals surface area contributed by atoms with Crippen LogP contribution in [0.5, 0.6) is 0 Å². The quantitative estimate of drug-likeness (QED) is 0.772. The minimum absolute atomic E-state index is 0.0356. The molecule has 27 heavy (non-hydrogen) atoms. The number of hydrogen-bond acceptors (Lipinski definition) is 3. The van der Waals surface area contributed by atoms with Gasteiger partial charge >= 0.3 is 6.09 Å². The van der Waals surface area contributed by atoms with Gasteiger partial charge in [0.1, 0.15) is 11.6 Å². The second-order valence-electron chi connectivity index (χ2n) is 7.28. The molecule has 2 aromatic rings. The molecule has 1 atom stereocenters. The highest BCUT2D eigenvalue weighted by Crippen LogP contribution is 2.33. The van der Waals surface area contributed by atoms with E-state index in [0.29, 0.717) is 10.6 Å². The monoisotopic (exact) mass is 390 g/mol. The second kappa shape index (κ2) is 7.19. The third-order valence-electron chi connectivity index (χ3n) is 3.96. The predicted molar refractivity (Wildman–Crippen MR) is 102 cm³/mol. The van der Waals surface area contributed by atoms with E-state index >= 15 is 0 Å². The number of carbonyl (C=O) groups is 2. The molecule has 1 aliphatic rings. The van der Waals surface area contributed by atoms with E-state index in [4.69, 9.17) is 16.3 Å². The molecule has 7 heteroatoms. The molecule has 0 unspecified atom stereocenters. The molecule has 1 saturated heterocycles. The molecule has 142 valence electrons. The van der Waals surface area contributed by atoms with Gasteiger partial charge in [0.05, 0.1) is 12.2 Å². The van der Waals surface area contributed by atoms with Gasteiger partial charge in [-0.05, 0) is 32.9 Å². The summed E-state index contributed by atoms with van der Waals surface area (Å²) < 4.78 is 20.1. The Labute approximate surface area is 162 Å². The molecule has 1 aliphatic heterocycles. The zero-order chi connectivity index (χ0) is 19.8.